The fraction of sp³-hybridized carbons (Fsp3) is 0.783. The minimum atomic E-state index is -0.708. The molecule has 0 saturated carbocycles. The summed E-state index contributed by atoms with van der Waals surface area (Å²) in [4.78, 5) is 10.4. The van der Waals surface area contributed by atoms with Crippen molar-refractivity contribution in [2.24, 2.45) is 0 Å². The maximum absolute atomic E-state index is 10.4. The molecule has 1 N–H and O–H groups in total. The molecule has 0 atom stereocenters. The van der Waals surface area contributed by atoms with E-state index in [9.17, 15) is 4.79 Å². The van der Waals surface area contributed by atoms with Crippen molar-refractivity contribution in [3.05, 3.63) is 22.7 Å². The molecule has 0 saturated heterocycles. The van der Waals surface area contributed by atoms with Gasteiger partial charge in [0.15, 0.2) is 0 Å². The lowest BCUT2D eigenvalue weighted by atomic mass is 10.1. The summed E-state index contributed by atoms with van der Waals surface area (Å²) in [7, 11) is 0. The Morgan fingerprint density at radius 3 is 1.85 bits per heavy atom. The molecule has 0 aliphatic rings. The van der Waals surface area contributed by atoms with E-state index in [1.54, 1.807) is 0 Å². The molecule has 0 aliphatic heterocycles. The number of unbranched alkanes of at least 4 members (excludes halogenated alkanes) is 12. The Morgan fingerprint density at radius 2 is 1.27 bits per heavy atom. The van der Waals surface area contributed by atoms with Crippen LogP contribution in [0.1, 0.15) is 116 Å². The van der Waals surface area contributed by atoms with Gasteiger partial charge < -0.3 is 5.11 Å². The molecule has 26 heavy (non-hydrogen) atoms. The highest BCUT2D eigenvalue weighted by Crippen LogP contribution is 2.16. The second-order valence-electron chi connectivity index (χ2n) is 7.27. The van der Waals surface area contributed by atoms with Crippen LogP contribution in [0.15, 0.2) is 22.7 Å². The van der Waals surface area contributed by atoms with E-state index >= 15 is 0 Å². The molecule has 0 unspecified atom stereocenters. The normalized spacial score (nSPS) is 12.2. The largest absolute Gasteiger partial charge is 0.481 e. The minimum Gasteiger partial charge on any atom is -0.481 e. The molecule has 0 fully saturated rings. The predicted octanol–water partition coefficient (Wildman–Crippen LogP) is 8.56. The van der Waals surface area contributed by atoms with Crippen LogP contribution in [0.4, 0.5) is 0 Å². The predicted molar refractivity (Wildman–Crippen MR) is 118 cm³/mol. The molecule has 2 nitrogen and oxygen atoms in total. The first-order valence-electron chi connectivity index (χ1n) is 10.9. The Balaban J connectivity index is 3.30. The van der Waals surface area contributed by atoms with Crippen LogP contribution in [-0.4, -0.2) is 11.1 Å². The fourth-order valence-corrected chi connectivity index (χ4v) is 3.46. The van der Waals surface area contributed by atoms with Gasteiger partial charge >= 0.3 is 5.97 Å². The highest BCUT2D eigenvalue weighted by atomic mass is 79.9. The van der Waals surface area contributed by atoms with Gasteiger partial charge in [0.1, 0.15) is 0 Å². The van der Waals surface area contributed by atoms with Crippen molar-refractivity contribution < 1.29 is 9.90 Å². The van der Waals surface area contributed by atoms with Crippen molar-refractivity contribution >= 4 is 21.9 Å². The highest BCUT2D eigenvalue weighted by molar-refractivity contribution is 9.11. The van der Waals surface area contributed by atoms with Gasteiger partial charge in [-0.15, -0.1) is 0 Å². The van der Waals surface area contributed by atoms with Gasteiger partial charge in [-0.25, -0.2) is 0 Å². The van der Waals surface area contributed by atoms with Crippen LogP contribution in [-0.2, 0) is 4.79 Å². The fourth-order valence-electron chi connectivity index (χ4n) is 3.00. The van der Waals surface area contributed by atoms with E-state index in [0.29, 0.717) is 0 Å². The first kappa shape index (κ1) is 25.4. The van der Waals surface area contributed by atoms with Gasteiger partial charge in [-0.05, 0) is 43.0 Å². The number of hydrogen-bond acceptors (Lipinski definition) is 1. The topological polar surface area (TPSA) is 37.3 Å². The van der Waals surface area contributed by atoms with Crippen LogP contribution in [0.2, 0.25) is 0 Å². The first-order chi connectivity index (χ1) is 12.7. The molecule has 0 aromatic carbocycles. The third-order valence-electron chi connectivity index (χ3n) is 4.65. The quantitative estimate of drug-likeness (QED) is 0.165. The van der Waals surface area contributed by atoms with Gasteiger partial charge in [0.2, 0.25) is 0 Å². The van der Waals surface area contributed by atoms with Crippen LogP contribution in [0, 0.1) is 0 Å². The number of carbonyl (C=O) groups is 1. The zero-order valence-electron chi connectivity index (χ0n) is 17.0. The van der Waals surface area contributed by atoms with E-state index in [-0.39, 0.29) is 6.42 Å². The molecule has 0 spiro atoms. The van der Waals surface area contributed by atoms with Crippen LogP contribution in [0.3, 0.4) is 0 Å². The summed E-state index contributed by atoms with van der Waals surface area (Å²) in [5.41, 5.74) is 0. The van der Waals surface area contributed by atoms with Gasteiger partial charge in [0.05, 0.1) is 0 Å². The summed E-state index contributed by atoms with van der Waals surface area (Å²) in [5.74, 6) is -0.708. The van der Waals surface area contributed by atoms with Crippen LogP contribution in [0.5, 0.6) is 0 Å². The standard InChI is InChI=1S/C23H41BrO2/c1-2-3-4-5-6-7-8-9-10-11-12-13-14-15-16-19-22(24)20-17-18-21-23(25)26/h14-15,20H,2-13,16-19,21H2,1H3,(H,25,26)/b15-14-,22-20+. The number of carboxylic acids is 1. The Bertz CT molecular complexity index is 374. The number of hydrogen-bond donors (Lipinski definition) is 1. The van der Waals surface area contributed by atoms with E-state index in [4.69, 9.17) is 5.11 Å². The summed E-state index contributed by atoms with van der Waals surface area (Å²) < 4.78 is 1.20. The molecule has 0 amide bonds. The summed E-state index contributed by atoms with van der Waals surface area (Å²) in [6.45, 7) is 2.28. The van der Waals surface area contributed by atoms with Gasteiger partial charge in [0, 0.05) is 6.42 Å². The molecule has 0 aromatic rings. The minimum absolute atomic E-state index is 0.260. The van der Waals surface area contributed by atoms with Gasteiger partial charge in [-0.3, -0.25) is 4.79 Å². The average molecular weight is 429 g/mol. The Labute approximate surface area is 170 Å². The molecule has 0 bridgehead atoms. The van der Waals surface area contributed by atoms with Crippen LogP contribution >= 0.6 is 15.9 Å². The zero-order chi connectivity index (χ0) is 19.3. The summed E-state index contributed by atoms with van der Waals surface area (Å²) in [5, 5.41) is 8.59. The van der Waals surface area contributed by atoms with E-state index < -0.39 is 5.97 Å². The number of carboxylic acid groups (broad SMARTS) is 1. The lowest BCUT2D eigenvalue weighted by molar-refractivity contribution is -0.137. The van der Waals surface area contributed by atoms with E-state index in [0.717, 1.165) is 25.7 Å². The highest BCUT2D eigenvalue weighted by Gasteiger charge is 1.96. The van der Waals surface area contributed by atoms with Gasteiger partial charge in [0.25, 0.3) is 0 Å². The number of halogens is 1. The van der Waals surface area contributed by atoms with Gasteiger partial charge in [-0.2, -0.15) is 0 Å². The molecule has 0 aromatic heterocycles. The summed E-state index contributed by atoms with van der Waals surface area (Å²) >= 11 is 3.57. The lowest BCUT2D eigenvalue weighted by Crippen LogP contribution is -1.92. The monoisotopic (exact) mass is 428 g/mol. The third kappa shape index (κ3) is 21.5. The number of rotatable bonds is 19. The van der Waals surface area contributed by atoms with Gasteiger partial charge in [-0.1, -0.05) is 105 Å². The maximum Gasteiger partial charge on any atom is 0.303 e. The second-order valence-corrected chi connectivity index (χ2v) is 8.29. The summed E-state index contributed by atoms with van der Waals surface area (Å²) in [6.07, 6.45) is 27.2. The molecular formula is C23H41BrO2. The van der Waals surface area contributed by atoms with Crippen molar-refractivity contribution in [3.8, 4) is 0 Å². The lowest BCUT2D eigenvalue weighted by Gasteiger charge is -2.01. The van der Waals surface area contributed by atoms with Crippen molar-refractivity contribution in [1.29, 1.82) is 0 Å². The molecule has 0 radical (unpaired) electrons. The first-order valence-corrected chi connectivity index (χ1v) is 11.7. The van der Waals surface area contributed by atoms with Crippen molar-refractivity contribution in [1.82, 2.24) is 0 Å². The van der Waals surface area contributed by atoms with Crippen molar-refractivity contribution in [2.45, 2.75) is 116 Å². The van der Waals surface area contributed by atoms with E-state index in [2.05, 4.69) is 41.1 Å². The molecule has 3 heteroatoms. The van der Waals surface area contributed by atoms with Crippen molar-refractivity contribution in [3.63, 3.8) is 0 Å². The van der Waals surface area contributed by atoms with E-state index in [1.165, 1.54) is 81.5 Å². The van der Waals surface area contributed by atoms with E-state index in [1.807, 2.05) is 0 Å². The Kier molecular flexibility index (Phi) is 20.3. The second kappa shape index (κ2) is 20.7. The third-order valence-corrected chi connectivity index (χ3v) is 5.37. The SMILES string of the molecule is CCCCCCCCCCCCC/C=C\CC/C(Br)=C\CCCC(=O)O. The summed E-state index contributed by atoms with van der Waals surface area (Å²) in [6, 6.07) is 0. The molecule has 0 rings (SSSR count). The average Bonchev–Trinajstić information content (AvgIpc) is 2.62. The Morgan fingerprint density at radius 1 is 0.731 bits per heavy atom. The number of aliphatic carboxylic acids is 1. The van der Waals surface area contributed by atoms with Crippen molar-refractivity contribution in [2.75, 3.05) is 0 Å². The number of allylic oxidation sites excluding steroid dienone is 4. The maximum atomic E-state index is 10.4. The smallest absolute Gasteiger partial charge is 0.303 e. The zero-order valence-corrected chi connectivity index (χ0v) is 18.6. The van der Waals surface area contributed by atoms with Crippen LogP contribution < -0.4 is 0 Å². The van der Waals surface area contributed by atoms with Crippen LogP contribution in [0.25, 0.3) is 0 Å². The molecule has 0 aliphatic carbocycles. The molecular weight excluding hydrogens is 388 g/mol. The molecule has 0 heterocycles. The molecule has 152 valence electrons. The Hall–Kier alpha value is -0.570.